The van der Waals surface area contributed by atoms with Crippen LogP contribution in [0.5, 0.6) is 17.2 Å². The lowest BCUT2D eigenvalue weighted by Gasteiger charge is -2.09. The normalized spacial score (nSPS) is 13.3. The van der Waals surface area contributed by atoms with Gasteiger partial charge in [-0.2, -0.15) is 0 Å². The molecule has 0 spiro atoms. The Balaban J connectivity index is 1.61. The number of carbonyl (C=O) groups excluding carboxylic acids is 1. The molecule has 5 heteroatoms. The monoisotopic (exact) mass is 354 g/mol. The van der Waals surface area contributed by atoms with Crippen LogP contribution in [-0.4, -0.2) is 26.3 Å². The third-order valence-electron chi connectivity index (χ3n) is 3.99. The van der Waals surface area contributed by atoms with Crippen molar-refractivity contribution in [2.75, 3.05) is 20.3 Å². The minimum atomic E-state index is -0.416. The van der Waals surface area contributed by atoms with Crippen LogP contribution in [0.2, 0.25) is 0 Å². The molecule has 0 amide bonds. The van der Waals surface area contributed by atoms with Gasteiger partial charge in [0, 0.05) is 18.1 Å². The van der Waals surface area contributed by atoms with E-state index in [2.05, 4.69) is 0 Å². The number of ether oxygens (including phenoxy) is 4. The Hall–Kier alpha value is -2.95. The van der Waals surface area contributed by atoms with Crippen molar-refractivity contribution in [1.82, 2.24) is 0 Å². The van der Waals surface area contributed by atoms with E-state index in [1.54, 1.807) is 13.2 Å². The molecule has 5 nitrogen and oxygen atoms in total. The van der Waals surface area contributed by atoms with Crippen molar-refractivity contribution in [3.63, 3.8) is 0 Å². The fourth-order valence-electron chi connectivity index (χ4n) is 2.66. The summed E-state index contributed by atoms with van der Waals surface area (Å²) in [6, 6.07) is 11.3. The number of esters is 1. The summed E-state index contributed by atoms with van der Waals surface area (Å²) in [6.45, 7) is 3.42. The second kappa shape index (κ2) is 8.43. The Kier molecular flexibility index (Phi) is 5.79. The molecule has 0 saturated heterocycles. The summed E-state index contributed by atoms with van der Waals surface area (Å²) >= 11 is 0. The standard InChI is InChI=1S/C21H22O5/c1-15-4-7-18(23-2)17(12-15)14-26-21(22)9-6-16-5-8-19-20(13-16)25-11-3-10-24-19/h4-9,12-13H,3,10-11,14H2,1-2H3/b9-6+. The SMILES string of the molecule is COc1ccc(C)cc1COC(=O)/C=C/c1ccc2c(c1)OCCCO2. The van der Waals surface area contributed by atoms with Crippen molar-refractivity contribution in [1.29, 1.82) is 0 Å². The van der Waals surface area contributed by atoms with Crippen LogP contribution in [0.1, 0.15) is 23.1 Å². The van der Waals surface area contributed by atoms with Gasteiger partial charge >= 0.3 is 5.97 Å². The highest BCUT2D eigenvalue weighted by molar-refractivity contribution is 5.87. The number of methoxy groups -OCH3 is 1. The molecule has 2 aromatic carbocycles. The van der Waals surface area contributed by atoms with Crippen LogP contribution in [0.4, 0.5) is 0 Å². The first-order chi connectivity index (χ1) is 12.7. The van der Waals surface area contributed by atoms with E-state index in [4.69, 9.17) is 18.9 Å². The molecule has 136 valence electrons. The van der Waals surface area contributed by atoms with Crippen molar-refractivity contribution in [2.24, 2.45) is 0 Å². The quantitative estimate of drug-likeness (QED) is 0.602. The molecule has 1 aliphatic rings. The number of fused-ring (bicyclic) bond motifs is 1. The summed E-state index contributed by atoms with van der Waals surface area (Å²) in [4.78, 5) is 12.0. The predicted octanol–water partition coefficient (Wildman–Crippen LogP) is 3.92. The Morgan fingerprint density at radius 2 is 1.92 bits per heavy atom. The van der Waals surface area contributed by atoms with E-state index in [9.17, 15) is 4.79 Å². The molecule has 0 bridgehead atoms. The van der Waals surface area contributed by atoms with Gasteiger partial charge in [-0.15, -0.1) is 0 Å². The number of aryl methyl sites for hydroxylation is 1. The summed E-state index contributed by atoms with van der Waals surface area (Å²) < 4.78 is 21.9. The van der Waals surface area contributed by atoms with Gasteiger partial charge in [0.1, 0.15) is 12.4 Å². The third-order valence-corrected chi connectivity index (χ3v) is 3.99. The number of hydrogen-bond donors (Lipinski definition) is 0. The number of benzene rings is 2. The smallest absolute Gasteiger partial charge is 0.331 e. The molecule has 0 aromatic heterocycles. The molecule has 0 aliphatic carbocycles. The number of hydrogen-bond acceptors (Lipinski definition) is 5. The van der Waals surface area contributed by atoms with Crippen LogP contribution >= 0.6 is 0 Å². The van der Waals surface area contributed by atoms with E-state index in [1.165, 1.54) is 6.08 Å². The fourth-order valence-corrected chi connectivity index (χ4v) is 2.66. The first kappa shape index (κ1) is 17.9. The van der Waals surface area contributed by atoms with Gasteiger partial charge in [-0.1, -0.05) is 17.7 Å². The van der Waals surface area contributed by atoms with Gasteiger partial charge < -0.3 is 18.9 Å². The maximum atomic E-state index is 12.0. The summed E-state index contributed by atoms with van der Waals surface area (Å²) in [7, 11) is 1.60. The minimum Gasteiger partial charge on any atom is -0.496 e. The van der Waals surface area contributed by atoms with Gasteiger partial charge in [-0.05, 0) is 42.8 Å². The number of carbonyl (C=O) groups is 1. The highest BCUT2D eigenvalue weighted by Gasteiger charge is 2.10. The van der Waals surface area contributed by atoms with E-state index in [0.29, 0.717) is 24.7 Å². The van der Waals surface area contributed by atoms with Crippen LogP contribution in [-0.2, 0) is 16.1 Å². The van der Waals surface area contributed by atoms with Gasteiger partial charge in [0.15, 0.2) is 11.5 Å². The Bertz CT molecular complexity index is 810. The molecule has 1 heterocycles. The molecule has 2 aromatic rings. The second-order valence-corrected chi connectivity index (χ2v) is 6.01. The van der Waals surface area contributed by atoms with Gasteiger partial charge in [0.25, 0.3) is 0 Å². The minimum absolute atomic E-state index is 0.162. The van der Waals surface area contributed by atoms with Crippen LogP contribution in [0.25, 0.3) is 6.08 Å². The number of rotatable bonds is 5. The van der Waals surface area contributed by atoms with E-state index >= 15 is 0 Å². The van der Waals surface area contributed by atoms with Crippen molar-refractivity contribution in [3.8, 4) is 17.2 Å². The predicted molar refractivity (Wildman–Crippen MR) is 98.6 cm³/mol. The molecule has 1 aliphatic heterocycles. The summed E-state index contributed by atoms with van der Waals surface area (Å²) in [5, 5.41) is 0. The van der Waals surface area contributed by atoms with Crippen molar-refractivity contribution in [2.45, 2.75) is 20.0 Å². The highest BCUT2D eigenvalue weighted by atomic mass is 16.5. The maximum absolute atomic E-state index is 12.0. The molecular formula is C21H22O5. The molecule has 0 radical (unpaired) electrons. The molecule has 26 heavy (non-hydrogen) atoms. The summed E-state index contributed by atoms with van der Waals surface area (Å²) in [5.74, 6) is 1.72. The average Bonchev–Trinajstić information content (AvgIpc) is 2.89. The zero-order valence-corrected chi connectivity index (χ0v) is 15.0. The van der Waals surface area contributed by atoms with Gasteiger partial charge in [0.05, 0.1) is 20.3 Å². The Morgan fingerprint density at radius 1 is 1.12 bits per heavy atom. The van der Waals surface area contributed by atoms with Gasteiger partial charge in [-0.25, -0.2) is 4.79 Å². The maximum Gasteiger partial charge on any atom is 0.331 e. The van der Waals surface area contributed by atoms with Crippen LogP contribution in [0.3, 0.4) is 0 Å². The van der Waals surface area contributed by atoms with Crippen LogP contribution < -0.4 is 14.2 Å². The first-order valence-electron chi connectivity index (χ1n) is 8.54. The van der Waals surface area contributed by atoms with Gasteiger partial charge in [-0.3, -0.25) is 0 Å². The first-order valence-corrected chi connectivity index (χ1v) is 8.54. The van der Waals surface area contributed by atoms with Crippen molar-refractivity contribution >= 4 is 12.0 Å². The molecule has 3 rings (SSSR count). The topological polar surface area (TPSA) is 54.0 Å². The van der Waals surface area contributed by atoms with Crippen LogP contribution in [0, 0.1) is 6.92 Å². The largest absolute Gasteiger partial charge is 0.496 e. The second-order valence-electron chi connectivity index (χ2n) is 6.01. The van der Waals surface area contributed by atoms with Crippen LogP contribution in [0.15, 0.2) is 42.5 Å². The van der Waals surface area contributed by atoms with E-state index in [0.717, 1.165) is 28.9 Å². The Labute approximate surface area is 153 Å². The van der Waals surface area contributed by atoms with Gasteiger partial charge in [0.2, 0.25) is 0 Å². The van der Waals surface area contributed by atoms with E-state index in [-0.39, 0.29) is 6.61 Å². The average molecular weight is 354 g/mol. The van der Waals surface area contributed by atoms with E-state index < -0.39 is 5.97 Å². The third kappa shape index (κ3) is 4.57. The fraction of sp³-hybridized carbons (Fsp3) is 0.286. The summed E-state index contributed by atoms with van der Waals surface area (Å²) in [6.07, 6.45) is 3.96. The molecule has 0 fully saturated rings. The zero-order valence-electron chi connectivity index (χ0n) is 15.0. The molecule has 0 atom stereocenters. The molecule has 0 saturated carbocycles. The Morgan fingerprint density at radius 3 is 2.73 bits per heavy atom. The van der Waals surface area contributed by atoms with Crippen molar-refractivity contribution < 1.29 is 23.7 Å². The van der Waals surface area contributed by atoms with Crippen molar-refractivity contribution in [3.05, 3.63) is 59.2 Å². The molecular weight excluding hydrogens is 332 g/mol. The summed E-state index contributed by atoms with van der Waals surface area (Å²) in [5.41, 5.74) is 2.77. The molecule has 0 N–H and O–H groups in total. The van der Waals surface area contributed by atoms with E-state index in [1.807, 2.05) is 43.3 Å². The lowest BCUT2D eigenvalue weighted by Crippen LogP contribution is -2.02. The highest BCUT2D eigenvalue weighted by Crippen LogP contribution is 2.30. The lowest BCUT2D eigenvalue weighted by molar-refractivity contribution is -0.138. The zero-order chi connectivity index (χ0) is 18.4. The lowest BCUT2D eigenvalue weighted by atomic mass is 10.1. The molecule has 0 unspecified atom stereocenters.